The number of alkyl halides is 1. The average molecular weight is 282 g/mol. The van der Waals surface area contributed by atoms with E-state index in [0.717, 1.165) is 5.56 Å². The highest BCUT2D eigenvalue weighted by molar-refractivity contribution is 6.17. The number of benzene rings is 1. The van der Waals surface area contributed by atoms with Gasteiger partial charge in [-0.15, -0.1) is 11.6 Å². The molecule has 1 heterocycles. The maximum atomic E-state index is 10.7. The highest BCUT2D eigenvalue weighted by Gasteiger charge is 2.11. The summed E-state index contributed by atoms with van der Waals surface area (Å²) in [5, 5.41) is 14.7. The van der Waals surface area contributed by atoms with Crippen molar-refractivity contribution in [1.82, 2.24) is 9.78 Å². The van der Waals surface area contributed by atoms with Gasteiger partial charge < -0.3 is 4.74 Å². The van der Waals surface area contributed by atoms with E-state index in [-0.39, 0.29) is 11.6 Å². The van der Waals surface area contributed by atoms with Crippen molar-refractivity contribution in [3.8, 4) is 5.75 Å². The molecule has 0 N–H and O–H groups in total. The molecule has 7 heteroatoms. The first-order valence-corrected chi connectivity index (χ1v) is 6.07. The fraction of sp³-hybridized carbons (Fsp3) is 0.250. The summed E-state index contributed by atoms with van der Waals surface area (Å²) in [6.45, 7) is 0.343. The van der Waals surface area contributed by atoms with Gasteiger partial charge in [0.05, 0.1) is 17.0 Å². The largest absolute Gasteiger partial charge is 0.488 e. The molecule has 0 amide bonds. The van der Waals surface area contributed by atoms with Crippen LogP contribution in [0.5, 0.6) is 5.75 Å². The van der Waals surface area contributed by atoms with Crippen LogP contribution in [-0.2, 0) is 19.5 Å². The van der Waals surface area contributed by atoms with E-state index in [2.05, 4.69) is 5.10 Å². The maximum Gasteiger partial charge on any atom is 0.270 e. The fourth-order valence-corrected chi connectivity index (χ4v) is 1.84. The summed E-state index contributed by atoms with van der Waals surface area (Å²) in [5.41, 5.74) is 1.52. The van der Waals surface area contributed by atoms with Gasteiger partial charge in [-0.05, 0) is 6.07 Å². The fourth-order valence-electron chi connectivity index (χ4n) is 1.63. The monoisotopic (exact) mass is 281 g/mol. The van der Waals surface area contributed by atoms with E-state index >= 15 is 0 Å². The normalized spacial score (nSPS) is 10.4. The van der Waals surface area contributed by atoms with Crippen molar-refractivity contribution in [3.63, 3.8) is 0 Å². The summed E-state index contributed by atoms with van der Waals surface area (Å²) in [6.07, 6.45) is 3.54. The number of hydrogen-bond acceptors (Lipinski definition) is 4. The van der Waals surface area contributed by atoms with Crippen LogP contribution in [0.25, 0.3) is 0 Å². The zero-order valence-corrected chi connectivity index (χ0v) is 11.0. The van der Waals surface area contributed by atoms with Crippen molar-refractivity contribution in [2.45, 2.75) is 12.5 Å². The summed E-state index contributed by atoms with van der Waals surface area (Å²) in [4.78, 5) is 10.2. The van der Waals surface area contributed by atoms with Crippen molar-refractivity contribution in [2.75, 3.05) is 0 Å². The summed E-state index contributed by atoms with van der Waals surface area (Å²) < 4.78 is 7.28. The molecule has 1 aromatic heterocycles. The lowest BCUT2D eigenvalue weighted by atomic mass is 10.2. The minimum absolute atomic E-state index is 0.00405. The summed E-state index contributed by atoms with van der Waals surface area (Å²) in [7, 11) is 1.82. The van der Waals surface area contributed by atoms with Gasteiger partial charge in [-0.3, -0.25) is 14.8 Å². The molecule has 0 aliphatic carbocycles. The first-order chi connectivity index (χ1) is 9.10. The second-order valence-electron chi connectivity index (χ2n) is 3.99. The quantitative estimate of drug-likeness (QED) is 0.480. The van der Waals surface area contributed by atoms with Crippen LogP contribution in [0.1, 0.15) is 11.1 Å². The topological polar surface area (TPSA) is 70.2 Å². The molecule has 0 saturated heterocycles. The van der Waals surface area contributed by atoms with E-state index in [1.54, 1.807) is 16.9 Å². The lowest BCUT2D eigenvalue weighted by Crippen LogP contribution is -1.98. The van der Waals surface area contributed by atoms with Crippen molar-refractivity contribution in [1.29, 1.82) is 0 Å². The molecule has 19 heavy (non-hydrogen) atoms. The van der Waals surface area contributed by atoms with Gasteiger partial charge in [-0.25, -0.2) is 0 Å². The smallest absolute Gasteiger partial charge is 0.270 e. The number of hydrogen-bond donors (Lipinski definition) is 0. The Morgan fingerprint density at radius 2 is 2.32 bits per heavy atom. The van der Waals surface area contributed by atoms with Crippen LogP contribution in [0.4, 0.5) is 5.69 Å². The molecular weight excluding hydrogens is 270 g/mol. The average Bonchev–Trinajstić information content (AvgIpc) is 2.81. The molecule has 0 fully saturated rings. The summed E-state index contributed by atoms with van der Waals surface area (Å²) >= 11 is 5.78. The molecule has 0 radical (unpaired) electrons. The molecule has 6 nitrogen and oxygen atoms in total. The first kappa shape index (κ1) is 13.4. The Hall–Kier alpha value is -2.08. The highest BCUT2D eigenvalue weighted by atomic mass is 35.5. The van der Waals surface area contributed by atoms with E-state index < -0.39 is 4.92 Å². The molecule has 2 rings (SSSR count). The predicted octanol–water partition coefficient (Wildman–Crippen LogP) is 2.65. The molecule has 0 aliphatic rings. The zero-order valence-electron chi connectivity index (χ0n) is 10.2. The Bertz CT molecular complexity index is 598. The lowest BCUT2D eigenvalue weighted by molar-refractivity contribution is -0.384. The summed E-state index contributed by atoms with van der Waals surface area (Å²) in [5.74, 6) is 0.703. The van der Waals surface area contributed by atoms with Crippen LogP contribution >= 0.6 is 11.6 Å². The Balaban J connectivity index is 2.13. The van der Waals surface area contributed by atoms with Crippen LogP contribution in [0, 0.1) is 10.1 Å². The molecule has 1 aromatic carbocycles. The number of aryl methyl sites for hydroxylation is 1. The molecule has 0 spiro atoms. The SMILES string of the molecule is Cn1cc(COc2ccc([N+](=O)[O-])cc2CCl)cn1. The van der Waals surface area contributed by atoms with E-state index in [9.17, 15) is 10.1 Å². The van der Waals surface area contributed by atoms with Crippen molar-refractivity contribution < 1.29 is 9.66 Å². The van der Waals surface area contributed by atoms with E-state index in [1.165, 1.54) is 12.1 Å². The van der Waals surface area contributed by atoms with Gasteiger partial charge >= 0.3 is 0 Å². The minimum atomic E-state index is -0.457. The Kier molecular flexibility index (Phi) is 4.01. The molecule has 0 aliphatic heterocycles. The zero-order chi connectivity index (χ0) is 13.8. The van der Waals surface area contributed by atoms with Crippen LogP contribution in [-0.4, -0.2) is 14.7 Å². The molecule has 100 valence electrons. The number of nitro groups is 1. The number of ether oxygens (including phenoxy) is 1. The summed E-state index contributed by atoms with van der Waals surface area (Å²) in [6, 6.07) is 4.38. The van der Waals surface area contributed by atoms with Crippen LogP contribution in [0.15, 0.2) is 30.6 Å². The third-order valence-electron chi connectivity index (χ3n) is 2.55. The van der Waals surface area contributed by atoms with Gasteiger partial charge in [0.15, 0.2) is 0 Å². The van der Waals surface area contributed by atoms with Gasteiger partial charge in [0.2, 0.25) is 0 Å². The molecule has 0 saturated carbocycles. The Morgan fingerprint density at radius 1 is 1.53 bits per heavy atom. The Morgan fingerprint density at radius 3 is 2.89 bits per heavy atom. The third kappa shape index (κ3) is 3.23. The van der Waals surface area contributed by atoms with Crippen molar-refractivity contribution >= 4 is 17.3 Å². The predicted molar refractivity (Wildman–Crippen MR) is 70.2 cm³/mol. The molecule has 0 atom stereocenters. The number of non-ortho nitro benzene ring substituents is 1. The third-order valence-corrected chi connectivity index (χ3v) is 2.84. The molecule has 0 unspecified atom stereocenters. The number of nitro benzene ring substituents is 1. The Labute approximate surface area is 114 Å². The molecule has 0 bridgehead atoms. The second-order valence-corrected chi connectivity index (χ2v) is 4.26. The van der Waals surface area contributed by atoms with Crippen LogP contribution in [0.2, 0.25) is 0 Å². The molecule has 2 aromatic rings. The highest BCUT2D eigenvalue weighted by Crippen LogP contribution is 2.26. The number of rotatable bonds is 5. The van der Waals surface area contributed by atoms with E-state index in [0.29, 0.717) is 17.9 Å². The molecular formula is C12H12ClN3O3. The van der Waals surface area contributed by atoms with Crippen LogP contribution in [0.3, 0.4) is 0 Å². The maximum absolute atomic E-state index is 10.7. The standard InChI is InChI=1S/C12H12ClN3O3/c1-15-7-9(6-14-15)8-19-12-3-2-11(16(17)18)4-10(12)5-13/h2-4,6-7H,5,8H2,1H3. The van der Waals surface area contributed by atoms with E-state index in [4.69, 9.17) is 16.3 Å². The number of halogens is 1. The minimum Gasteiger partial charge on any atom is -0.488 e. The van der Waals surface area contributed by atoms with Crippen molar-refractivity contribution in [3.05, 3.63) is 51.8 Å². The van der Waals surface area contributed by atoms with Crippen molar-refractivity contribution in [2.24, 2.45) is 7.05 Å². The number of aromatic nitrogens is 2. The second kappa shape index (κ2) is 5.71. The van der Waals surface area contributed by atoms with Gasteiger partial charge in [0.1, 0.15) is 12.4 Å². The first-order valence-electron chi connectivity index (χ1n) is 5.53. The van der Waals surface area contributed by atoms with Gasteiger partial charge in [-0.2, -0.15) is 5.10 Å². The van der Waals surface area contributed by atoms with Gasteiger partial charge in [0, 0.05) is 36.5 Å². The van der Waals surface area contributed by atoms with Crippen LogP contribution < -0.4 is 4.74 Å². The number of nitrogens with zero attached hydrogens (tertiary/aromatic N) is 3. The van der Waals surface area contributed by atoms with Gasteiger partial charge in [-0.1, -0.05) is 0 Å². The van der Waals surface area contributed by atoms with Gasteiger partial charge in [0.25, 0.3) is 5.69 Å². The lowest BCUT2D eigenvalue weighted by Gasteiger charge is -2.08. The van der Waals surface area contributed by atoms with E-state index in [1.807, 2.05) is 13.2 Å².